The maximum Gasteiger partial charge on any atom is 0.269 e. The van der Waals surface area contributed by atoms with Crippen molar-refractivity contribution in [3.8, 4) is 11.5 Å². The Labute approximate surface area is 156 Å². The third-order valence-corrected chi connectivity index (χ3v) is 3.84. The van der Waals surface area contributed by atoms with Crippen molar-refractivity contribution in [2.45, 2.75) is 6.92 Å². The first-order valence-electron chi connectivity index (χ1n) is 8.23. The van der Waals surface area contributed by atoms with Gasteiger partial charge in [-0.15, -0.1) is 0 Å². The fraction of sp³-hybridized carbons (Fsp3) is 0.158. The second-order valence-corrected chi connectivity index (χ2v) is 6.08. The van der Waals surface area contributed by atoms with Gasteiger partial charge in [0.25, 0.3) is 17.7 Å². The molecule has 8 heteroatoms. The molecule has 0 aliphatic rings. The number of nitrogens with one attached hydrogen (secondary N) is 2. The zero-order chi connectivity index (χ0) is 19.4. The zero-order valence-corrected chi connectivity index (χ0v) is 15.2. The average Bonchev–Trinajstić information content (AvgIpc) is 3.12. The standard InChI is InChI=1S/C19H19N5O3/c1-12-20-19(27-23-12)14-9-7-13(8-10-14)17(25)21-22-18(26)15-5-4-6-16(11-15)24(2)3/h4-11H,1-3H3,(H,21,25)(H,22,26). The SMILES string of the molecule is Cc1noc(-c2ccc(C(=O)NNC(=O)c3cccc(N(C)C)c3)cc2)n1. The molecule has 8 nitrogen and oxygen atoms in total. The number of carbonyl (C=O) groups excluding carboxylic acids is 2. The van der Waals surface area contributed by atoms with Gasteiger partial charge in [0.1, 0.15) is 0 Å². The van der Waals surface area contributed by atoms with Crippen LogP contribution in [0.2, 0.25) is 0 Å². The highest BCUT2D eigenvalue weighted by atomic mass is 16.5. The highest BCUT2D eigenvalue weighted by molar-refractivity contribution is 5.99. The Morgan fingerprint density at radius 2 is 1.63 bits per heavy atom. The molecule has 0 saturated carbocycles. The van der Waals surface area contributed by atoms with Crippen LogP contribution in [0.25, 0.3) is 11.5 Å². The molecular formula is C19H19N5O3. The van der Waals surface area contributed by atoms with Crippen molar-refractivity contribution in [2.75, 3.05) is 19.0 Å². The summed E-state index contributed by atoms with van der Waals surface area (Å²) in [4.78, 5) is 30.5. The minimum atomic E-state index is -0.430. The summed E-state index contributed by atoms with van der Waals surface area (Å²) >= 11 is 0. The number of hydrazine groups is 1. The van der Waals surface area contributed by atoms with Crippen LogP contribution in [0.3, 0.4) is 0 Å². The van der Waals surface area contributed by atoms with Crippen LogP contribution in [-0.2, 0) is 0 Å². The number of hydrogen-bond donors (Lipinski definition) is 2. The van der Waals surface area contributed by atoms with Gasteiger partial charge in [0, 0.05) is 36.5 Å². The quantitative estimate of drug-likeness (QED) is 0.688. The topological polar surface area (TPSA) is 100 Å². The van der Waals surface area contributed by atoms with E-state index in [2.05, 4.69) is 21.0 Å². The second-order valence-electron chi connectivity index (χ2n) is 6.08. The van der Waals surface area contributed by atoms with E-state index in [0.717, 1.165) is 5.69 Å². The normalized spacial score (nSPS) is 10.3. The van der Waals surface area contributed by atoms with Gasteiger partial charge in [-0.3, -0.25) is 20.4 Å². The van der Waals surface area contributed by atoms with E-state index in [1.807, 2.05) is 25.1 Å². The Balaban J connectivity index is 1.62. The predicted octanol–water partition coefficient (Wildman–Crippen LogP) is 2.19. The van der Waals surface area contributed by atoms with Gasteiger partial charge in [0.05, 0.1) is 0 Å². The number of nitrogens with zero attached hydrogens (tertiary/aromatic N) is 3. The first kappa shape index (κ1) is 18.1. The van der Waals surface area contributed by atoms with Crippen molar-refractivity contribution in [3.63, 3.8) is 0 Å². The molecule has 3 rings (SSSR count). The number of aryl methyl sites for hydroxylation is 1. The Morgan fingerprint density at radius 1 is 0.963 bits per heavy atom. The van der Waals surface area contributed by atoms with E-state index in [9.17, 15) is 9.59 Å². The second kappa shape index (κ2) is 7.69. The molecule has 2 amide bonds. The smallest absolute Gasteiger partial charge is 0.269 e. The van der Waals surface area contributed by atoms with E-state index >= 15 is 0 Å². The molecule has 0 unspecified atom stereocenters. The van der Waals surface area contributed by atoms with Gasteiger partial charge in [-0.1, -0.05) is 11.2 Å². The van der Waals surface area contributed by atoms with Gasteiger partial charge in [-0.2, -0.15) is 4.98 Å². The maximum atomic E-state index is 12.2. The molecule has 2 N–H and O–H groups in total. The minimum Gasteiger partial charge on any atom is -0.378 e. The fourth-order valence-electron chi connectivity index (χ4n) is 2.36. The van der Waals surface area contributed by atoms with Crippen LogP contribution in [0.4, 0.5) is 5.69 Å². The van der Waals surface area contributed by atoms with Crippen LogP contribution in [0.5, 0.6) is 0 Å². The van der Waals surface area contributed by atoms with Crippen LogP contribution < -0.4 is 15.8 Å². The molecule has 27 heavy (non-hydrogen) atoms. The van der Waals surface area contributed by atoms with Crippen LogP contribution in [0.15, 0.2) is 53.1 Å². The summed E-state index contributed by atoms with van der Waals surface area (Å²) in [6, 6.07) is 13.7. The minimum absolute atomic E-state index is 0.383. The van der Waals surface area contributed by atoms with Crippen molar-refractivity contribution in [1.29, 1.82) is 0 Å². The number of benzene rings is 2. The van der Waals surface area contributed by atoms with Crippen molar-refractivity contribution in [2.24, 2.45) is 0 Å². The van der Waals surface area contributed by atoms with Crippen molar-refractivity contribution in [1.82, 2.24) is 21.0 Å². The lowest BCUT2D eigenvalue weighted by molar-refractivity contribution is 0.0846. The van der Waals surface area contributed by atoms with E-state index in [4.69, 9.17) is 4.52 Å². The molecule has 1 aromatic heterocycles. The molecule has 0 fully saturated rings. The Kier molecular flexibility index (Phi) is 5.16. The molecular weight excluding hydrogens is 346 g/mol. The lowest BCUT2D eigenvalue weighted by atomic mass is 10.1. The summed E-state index contributed by atoms with van der Waals surface area (Å²) in [6.07, 6.45) is 0. The van der Waals surface area contributed by atoms with Crippen LogP contribution in [0.1, 0.15) is 26.5 Å². The first-order valence-corrected chi connectivity index (χ1v) is 8.23. The van der Waals surface area contributed by atoms with Crippen molar-refractivity contribution < 1.29 is 14.1 Å². The third-order valence-electron chi connectivity index (χ3n) is 3.84. The molecule has 0 aliphatic heterocycles. The summed E-state index contributed by atoms with van der Waals surface area (Å²) < 4.78 is 5.08. The Hall–Kier alpha value is -3.68. The summed E-state index contributed by atoms with van der Waals surface area (Å²) in [5.41, 5.74) is 7.25. The van der Waals surface area contributed by atoms with E-state index in [1.54, 1.807) is 49.4 Å². The molecule has 0 radical (unpaired) electrons. The van der Waals surface area contributed by atoms with Gasteiger partial charge < -0.3 is 9.42 Å². The molecule has 0 aliphatic carbocycles. The van der Waals surface area contributed by atoms with E-state index in [1.165, 1.54) is 0 Å². The molecule has 0 saturated heterocycles. The van der Waals surface area contributed by atoms with E-state index in [0.29, 0.717) is 28.4 Å². The van der Waals surface area contributed by atoms with Gasteiger partial charge in [-0.25, -0.2) is 0 Å². The van der Waals surface area contributed by atoms with Crippen molar-refractivity contribution in [3.05, 3.63) is 65.5 Å². The van der Waals surface area contributed by atoms with Gasteiger partial charge in [-0.05, 0) is 49.4 Å². The number of carbonyl (C=O) groups is 2. The molecule has 0 atom stereocenters. The number of rotatable bonds is 4. The summed E-state index contributed by atoms with van der Waals surface area (Å²) in [6.45, 7) is 1.73. The number of amides is 2. The van der Waals surface area contributed by atoms with Gasteiger partial charge in [0.2, 0.25) is 0 Å². The third kappa shape index (κ3) is 4.30. The molecule has 0 spiro atoms. The Bertz CT molecular complexity index is 963. The number of aromatic nitrogens is 2. The fourth-order valence-corrected chi connectivity index (χ4v) is 2.36. The molecule has 1 heterocycles. The summed E-state index contributed by atoms with van der Waals surface area (Å²) in [5.74, 6) is 0.0896. The van der Waals surface area contributed by atoms with Gasteiger partial charge >= 0.3 is 0 Å². The zero-order valence-electron chi connectivity index (χ0n) is 15.2. The number of anilines is 1. The van der Waals surface area contributed by atoms with Crippen LogP contribution in [-0.4, -0.2) is 36.1 Å². The summed E-state index contributed by atoms with van der Waals surface area (Å²) in [7, 11) is 3.77. The number of hydrogen-bond acceptors (Lipinski definition) is 6. The summed E-state index contributed by atoms with van der Waals surface area (Å²) in [5, 5.41) is 3.73. The highest BCUT2D eigenvalue weighted by Gasteiger charge is 2.11. The van der Waals surface area contributed by atoms with Crippen LogP contribution >= 0.6 is 0 Å². The van der Waals surface area contributed by atoms with Gasteiger partial charge in [0.15, 0.2) is 5.82 Å². The molecule has 2 aromatic carbocycles. The van der Waals surface area contributed by atoms with E-state index in [-0.39, 0.29) is 0 Å². The Morgan fingerprint density at radius 3 is 2.22 bits per heavy atom. The predicted molar refractivity (Wildman–Crippen MR) is 100 cm³/mol. The maximum absolute atomic E-state index is 12.2. The lowest BCUT2D eigenvalue weighted by Gasteiger charge is -2.13. The first-order chi connectivity index (χ1) is 12.9. The largest absolute Gasteiger partial charge is 0.378 e. The van der Waals surface area contributed by atoms with Crippen LogP contribution in [0, 0.1) is 6.92 Å². The molecule has 0 bridgehead atoms. The lowest BCUT2D eigenvalue weighted by Crippen LogP contribution is -2.41. The van der Waals surface area contributed by atoms with Crippen molar-refractivity contribution >= 4 is 17.5 Å². The molecule has 3 aromatic rings. The monoisotopic (exact) mass is 365 g/mol. The highest BCUT2D eigenvalue weighted by Crippen LogP contribution is 2.17. The van der Waals surface area contributed by atoms with E-state index < -0.39 is 11.8 Å². The molecule has 138 valence electrons. The average molecular weight is 365 g/mol.